The first kappa shape index (κ1) is 12.4. The molecule has 0 spiro atoms. The molecule has 2 rings (SSSR count). The smallest absolute Gasteiger partial charge is 0.253 e. The van der Waals surface area contributed by atoms with Gasteiger partial charge in [0.25, 0.3) is 5.91 Å². The molecule has 18 heavy (non-hydrogen) atoms. The number of hydrogen-bond acceptors (Lipinski definition) is 3. The predicted octanol–water partition coefficient (Wildman–Crippen LogP) is 2.17. The summed E-state index contributed by atoms with van der Waals surface area (Å²) in [6.45, 7) is 0.667. The van der Waals surface area contributed by atoms with Gasteiger partial charge in [-0.05, 0) is 30.2 Å². The Balaban J connectivity index is 2.40. The molecular weight excluding hydrogens is 228 g/mol. The number of nitrogens with zero attached hydrogens (tertiary/aromatic N) is 2. The zero-order chi connectivity index (χ0) is 13.1. The summed E-state index contributed by atoms with van der Waals surface area (Å²) in [5.41, 5.74) is 1.74. The first-order valence-corrected chi connectivity index (χ1v) is 5.97. The fourth-order valence-corrected chi connectivity index (χ4v) is 2.40. The molecule has 4 nitrogen and oxygen atoms in total. The molecule has 1 heterocycles. The molecule has 1 aliphatic rings. The van der Waals surface area contributed by atoms with Crippen LogP contribution < -0.4 is 4.74 Å². The average molecular weight is 244 g/mol. The highest BCUT2D eigenvalue weighted by Gasteiger charge is 2.29. The van der Waals surface area contributed by atoms with Gasteiger partial charge in [0.2, 0.25) is 0 Å². The highest BCUT2D eigenvalue weighted by molar-refractivity contribution is 5.97. The molecule has 4 heteroatoms. The van der Waals surface area contributed by atoms with Gasteiger partial charge in [-0.1, -0.05) is 0 Å². The summed E-state index contributed by atoms with van der Waals surface area (Å²) in [6.07, 6.45) is 1.28. The van der Waals surface area contributed by atoms with Crippen LogP contribution >= 0.6 is 0 Å². The number of ether oxygens (including phenoxy) is 1. The van der Waals surface area contributed by atoms with Crippen LogP contribution in [0.15, 0.2) is 18.2 Å². The maximum absolute atomic E-state index is 12.1. The van der Waals surface area contributed by atoms with Crippen LogP contribution in [-0.4, -0.2) is 31.5 Å². The van der Waals surface area contributed by atoms with Gasteiger partial charge in [0, 0.05) is 31.5 Å². The van der Waals surface area contributed by atoms with E-state index in [0.717, 1.165) is 23.3 Å². The van der Waals surface area contributed by atoms with Crippen molar-refractivity contribution in [2.75, 3.05) is 20.7 Å². The van der Waals surface area contributed by atoms with Gasteiger partial charge in [0.1, 0.15) is 5.75 Å². The third kappa shape index (κ3) is 2.17. The van der Waals surface area contributed by atoms with Gasteiger partial charge in [0.15, 0.2) is 0 Å². The third-order valence-electron chi connectivity index (χ3n) is 3.37. The molecule has 1 unspecified atom stereocenters. The molecule has 1 aromatic rings. The SMILES string of the molecule is COc1ccc2c(c1)C(CCC#N)CN(C)C2=O. The summed E-state index contributed by atoms with van der Waals surface area (Å²) in [4.78, 5) is 13.8. The normalized spacial score (nSPS) is 18.2. The van der Waals surface area contributed by atoms with Crippen LogP contribution in [0.4, 0.5) is 0 Å². The van der Waals surface area contributed by atoms with E-state index in [4.69, 9.17) is 10.00 Å². The van der Waals surface area contributed by atoms with E-state index >= 15 is 0 Å². The maximum Gasteiger partial charge on any atom is 0.253 e. The second-order valence-electron chi connectivity index (χ2n) is 4.53. The van der Waals surface area contributed by atoms with Crippen molar-refractivity contribution in [3.05, 3.63) is 29.3 Å². The molecule has 94 valence electrons. The van der Waals surface area contributed by atoms with Crippen molar-refractivity contribution < 1.29 is 9.53 Å². The summed E-state index contributed by atoms with van der Waals surface area (Å²) in [7, 11) is 3.41. The lowest BCUT2D eigenvalue weighted by Crippen LogP contribution is -2.36. The van der Waals surface area contributed by atoms with E-state index in [-0.39, 0.29) is 11.8 Å². The lowest BCUT2D eigenvalue weighted by molar-refractivity contribution is 0.0763. The second kappa shape index (κ2) is 5.09. The average Bonchev–Trinajstić information content (AvgIpc) is 2.40. The second-order valence-corrected chi connectivity index (χ2v) is 4.53. The molecule has 1 atom stereocenters. The van der Waals surface area contributed by atoms with E-state index in [1.807, 2.05) is 12.1 Å². The monoisotopic (exact) mass is 244 g/mol. The molecule has 1 amide bonds. The fourth-order valence-electron chi connectivity index (χ4n) is 2.40. The molecule has 1 aromatic carbocycles. The van der Waals surface area contributed by atoms with E-state index in [2.05, 4.69) is 6.07 Å². The van der Waals surface area contributed by atoms with Gasteiger partial charge in [-0.25, -0.2) is 0 Å². The number of benzene rings is 1. The third-order valence-corrected chi connectivity index (χ3v) is 3.37. The Bertz CT molecular complexity index is 505. The number of amides is 1. The Morgan fingerprint density at radius 2 is 2.33 bits per heavy atom. The van der Waals surface area contributed by atoms with Crippen molar-refractivity contribution >= 4 is 5.91 Å². The Morgan fingerprint density at radius 3 is 3.00 bits per heavy atom. The number of likely N-dealkylation sites (N-methyl/N-ethyl adjacent to an activating group) is 1. The minimum Gasteiger partial charge on any atom is -0.497 e. The van der Waals surface area contributed by atoms with E-state index in [1.54, 1.807) is 25.1 Å². The quantitative estimate of drug-likeness (QED) is 0.818. The first-order chi connectivity index (χ1) is 8.67. The van der Waals surface area contributed by atoms with Crippen LogP contribution in [-0.2, 0) is 0 Å². The largest absolute Gasteiger partial charge is 0.497 e. The highest BCUT2D eigenvalue weighted by Crippen LogP contribution is 2.33. The van der Waals surface area contributed by atoms with Crippen molar-refractivity contribution in [2.45, 2.75) is 18.8 Å². The zero-order valence-electron chi connectivity index (χ0n) is 10.6. The van der Waals surface area contributed by atoms with Crippen molar-refractivity contribution in [3.63, 3.8) is 0 Å². The van der Waals surface area contributed by atoms with Crippen LogP contribution in [0.1, 0.15) is 34.7 Å². The number of fused-ring (bicyclic) bond motifs is 1. The summed E-state index contributed by atoms with van der Waals surface area (Å²) >= 11 is 0. The van der Waals surface area contributed by atoms with Crippen molar-refractivity contribution in [1.29, 1.82) is 5.26 Å². The van der Waals surface area contributed by atoms with Gasteiger partial charge in [-0.3, -0.25) is 4.79 Å². The van der Waals surface area contributed by atoms with Crippen molar-refractivity contribution in [3.8, 4) is 11.8 Å². The molecule has 0 aromatic heterocycles. The summed E-state index contributed by atoms with van der Waals surface area (Å²) in [5.74, 6) is 1.02. The standard InChI is InChI=1S/C14H16N2O2/c1-16-9-10(4-3-7-15)13-8-11(18-2)5-6-12(13)14(16)17/h5-6,8,10H,3-4,9H2,1-2H3. The molecule has 0 saturated carbocycles. The number of carbonyl (C=O) groups excluding carboxylic acids is 1. The van der Waals surface area contributed by atoms with Gasteiger partial charge in [-0.2, -0.15) is 5.26 Å². The Kier molecular flexibility index (Phi) is 3.52. The van der Waals surface area contributed by atoms with Crippen LogP contribution in [0, 0.1) is 11.3 Å². The number of carbonyl (C=O) groups is 1. The molecule has 0 saturated heterocycles. The summed E-state index contributed by atoms with van der Waals surface area (Å²) in [6, 6.07) is 7.70. The lowest BCUT2D eigenvalue weighted by atomic mass is 9.86. The summed E-state index contributed by atoms with van der Waals surface area (Å²) in [5, 5.41) is 8.71. The number of nitriles is 1. The van der Waals surface area contributed by atoms with E-state index in [9.17, 15) is 4.79 Å². The van der Waals surface area contributed by atoms with E-state index in [1.165, 1.54) is 0 Å². The number of rotatable bonds is 3. The van der Waals surface area contributed by atoms with Crippen LogP contribution in [0.25, 0.3) is 0 Å². The fraction of sp³-hybridized carbons (Fsp3) is 0.429. The van der Waals surface area contributed by atoms with Gasteiger partial charge < -0.3 is 9.64 Å². The summed E-state index contributed by atoms with van der Waals surface area (Å²) < 4.78 is 5.21. The molecule has 0 bridgehead atoms. The predicted molar refractivity (Wildman–Crippen MR) is 67.5 cm³/mol. The number of hydrogen-bond donors (Lipinski definition) is 0. The molecule has 0 N–H and O–H groups in total. The van der Waals surface area contributed by atoms with Gasteiger partial charge in [-0.15, -0.1) is 0 Å². The molecule has 1 aliphatic heterocycles. The van der Waals surface area contributed by atoms with Crippen molar-refractivity contribution in [2.24, 2.45) is 0 Å². The Hall–Kier alpha value is -2.02. The van der Waals surface area contributed by atoms with Crippen LogP contribution in [0.2, 0.25) is 0 Å². The topological polar surface area (TPSA) is 53.3 Å². The minimum absolute atomic E-state index is 0.0425. The van der Waals surface area contributed by atoms with Crippen molar-refractivity contribution in [1.82, 2.24) is 4.90 Å². The molecule has 0 radical (unpaired) electrons. The van der Waals surface area contributed by atoms with Gasteiger partial charge >= 0.3 is 0 Å². The highest BCUT2D eigenvalue weighted by atomic mass is 16.5. The Morgan fingerprint density at radius 1 is 1.56 bits per heavy atom. The number of methoxy groups -OCH3 is 1. The minimum atomic E-state index is 0.0425. The zero-order valence-corrected chi connectivity index (χ0v) is 10.6. The van der Waals surface area contributed by atoms with E-state index in [0.29, 0.717) is 13.0 Å². The van der Waals surface area contributed by atoms with E-state index < -0.39 is 0 Å². The first-order valence-electron chi connectivity index (χ1n) is 5.97. The Labute approximate surface area is 107 Å². The molecule has 0 aliphatic carbocycles. The molecule has 0 fully saturated rings. The van der Waals surface area contributed by atoms with Gasteiger partial charge in [0.05, 0.1) is 13.2 Å². The van der Waals surface area contributed by atoms with Crippen LogP contribution in [0.5, 0.6) is 5.75 Å². The van der Waals surface area contributed by atoms with Crippen LogP contribution in [0.3, 0.4) is 0 Å². The lowest BCUT2D eigenvalue weighted by Gasteiger charge is -2.31. The maximum atomic E-state index is 12.1. The molecular formula is C14H16N2O2.